The van der Waals surface area contributed by atoms with E-state index in [-0.39, 0.29) is 5.91 Å². The van der Waals surface area contributed by atoms with Gasteiger partial charge in [0.25, 0.3) is 5.91 Å². The molecule has 1 amide bonds. The van der Waals surface area contributed by atoms with Crippen molar-refractivity contribution in [2.24, 2.45) is 7.05 Å². The minimum Gasteiger partial charge on any atom is -0.477 e. The summed E-state index contributed by atoms with van der Waals surface area (Å²) in [6.45, 7) is 6.86. The number of rotatable bonds is 1. The van der Waals surface area contributed by atoms with Crippen molar-refractivity contribution in [2.45, 2.75) is 51.7 Å². The fourth-order valence-electron chi connectivity index (χ4n) is 5.98. The Bertz CT molecular complexity index is 1570. The Hall–Kier alpha value is -3.76. The van der Waals surface area contributed by atoms with E-state index in [1.165, 1.54) is 11.1 Å². The number of ether oxygens (including phenoxy) is 2. The Morgan fingerprint density at radius 3 is 2.82 bits per heavy atom. The van der Waals surface area contributed by atoms with Crippen LogP contribution in [0.2, 0.25) is 0 Å². The monoisotopic (exact) mass is 527 g/mol. The van der Waals surface area contributed by atoms with E-state index in [0.29, 0.717) is 35.7 Å². The van der Waals surface area contributed by atoms with E-state index in [1.54, 1.807) is 23.0 Å². The fraction of sp³-hybridized carbons (Fsp3) is 0.448. The quantitative estimate of drug-likeness (QED) is 0.403. The Morgan fingerprint density at radius 1 is 1.08 bits per heavy atom. The molecule has 2 bridgehead atoms. The van der Waals surface area contributed by atoms with Crippen molar-refractivity contribution in [1.29, 1.82) is 0 Å². The highest BCUT2D eigenvalue weighted by Crippen LogP contribution is 2.33. The summed E-state index contributed by atoms with van der Waals surface area (Å²) in [6, 6.07) is 8.45. The standard InChI is InChI=1S/C29H33N7O3/c1-18-12-20-13-25(31-18)23-14-30-34(2)28(23)39-11-5-3-4-9-36-26-22-8-10-35(21-16-38-17-21)15-19(22)6-7-24(26)32-29(36)33-27(20)37/h6-7,12-14,21H,3-5,8-11,15-17H2,1-2H3,(H,32,33,37). The maximum atomic E-state index is 13.6. The van der Waals surface area contributed by atoms with Crippen LogP contribution in [0.5, 0.6) is 5.88 Å². The number of benzene rings is 1. The van der Waals surface area contributed by atoms with Gasteiger partial charge < -0.3 is 14.0 Å². The van der Waals surface area contributed by atoms with E-state index in [9.17, 15) is 4.79 Å². The minimum atomic E-state index is -0.204. The van der Waals surface area contributed by atoms with Gasteiger partial charge in [0.05, 0.1) is 54.4 Å². The smallest absolute Gasteiger partial charge is 0.258 e. The Balaban J connectivity index is 1.28. The SMILES string of the molecule is Cc1cc2cc(n1)-c1cnn(C)c1OCCCCCn1c(nc3ccc4c(c31)CCN(C1COC1)C4)NC2=O. The molecule has 39 heavy (non-hydrogen) atoms. The van der Waals surface area contributed by atoms with Crippen LogP contribution in [-0.2, 0) is 31.3 Å². The third kappa shape index (κ3) is 4.37. The third-order valence-corrected chi connectivity index (χ3v) is 8.14. The van der Waals surface area contributed by atoms with Crippen LogP contribution < -0.4 is 10.1 Å². The van der Waals surface area contributed by atoms with E-state index < -0.39 is 0 Å². The van der Waals surface area contributed by atoms with Gasteiger partial charge in [-0.3, -0.25) is 20.0 Å². The Labute approximate surface area is 226 Å². The Kier molecular flexibility index (Phi) is 6.08. The number of imidazole rings is 1. The molecule has 1 N–H and O–H groups in total. The summed E-state index contributed by atoms with van der Waals surface area (Å²) in [5.74, 6) is 1.06. The first-order valence-electron chi connectivity index (χ1n) is 13.8. The minimum absolute atomic E-state index is 0.204. The predicted octanol–water partition coefficient (Wildman–Crippen LogP) is 3.71. The van der Waals surface area contributed by atoms with Crippen molar-refractivity contribution in [3.63, 3.8) is 0 Å². The molecule has 10 heteroatoms. The highest BCUT2D eigenvalue weighted by atomic mass is 16.5. The van der Waals surface area contributed by atoms with Crippen LogP contribution in [-0.4, -0.2) is 67.5 Å². The number of aryl methyl sites for hydroxylation is 3. The van der Waals surface area contributed by atoms with E-state index in [1.807, 2.05) is 14.0 Å². The number of fused-ring (bicyclic) bond motifs is 9. The fourth-order valence-corrected chi connectivity index (χ4v) is 5.98. The number of amides is 1. The van der Waals surface area contributed by atoms with Crippen LogP contribution in [0.4, 0.5) is 5.95 Å². The topological polar surface area (TPSA) is 99.3 Å². The van der Waals surface area contributed by atoms with E-state index in [4.69, 9.17) is 19.4 Å². The van der Waals surface area contributed by atoms with Crippen LogP contribution in [0.3, 0.4) is 0 Å². The van der Waals surface area contributed by atoms with Gasteiger partial charge in [-0.15, -0.1) is 0 Å². The number of aromatic nitrogens is 5. The number of carbonyl (C=O) groups is 1. The lowest BCUT2D eigenvalue weighted by atomic mass is 9.96. The second-order valence-electron chi connectivity index (χ2n) is 10.8. The zero-order valence-electron chi connectivity index (χ0n) is 22.4. The first-order chi connectivity index (χ1) is 19.0. The third-order valence-electron chi connectivity index (χ3n) is 8.14. The highest BCUT2D eigenvalue weighted by Gasteiger charge is 2.30. The number of hydrogen-bond acceptors (Lipinski definition) is 7. The van der Waals surface area contributed by atoms with E-state index in [2.05, 4.69) is 32.0 Å². The largest absolute Gasteiger partial charge is 0.477 e. The number of nitrogens with zero attached hydrogens (tertiary/aromatic N) is 6. The summed E-state index contributed by atoms with van der Waals surface area (Å²) in [7, 11) is 1.86. The molecule has 0 saturated carbocycles. The summed E-state index contributed by atoms with van der Waals surface area (Å²) in [6.07, 6.45) is 5.59. The molecule has 0 spiro atoms. The summed E-state index contributed by atoms with van der Waals surface area (Å²) in [4.78, 5) is 25.8. The van der Waals surface area contributed by atoms with Gasteiger partial charge in [0.2, 0.25) is 11.8 Å². The van der Waals surface area contributed by atoms with Gasteiger partial charge in [0.1, 0.15) is 0 Å². The average Bonchev–Trinajstić information content (AvgIpc) is 3.43. The van der Waals surface area contributed by atoms with Gasteiger partial charge in [-0.25, -0.2) is 9.67 Å². The molecular weight excluding hydrogens is 494 g/mol. The molecule has 1 saturated heterocycles. The van der Waals surface area contributed by atoms with Crippen LogP contribution in [0.25, 0.3) is 22.3 Å². The molecule has 10 nitrogen and oxygen atoms in total. The molecule has 6 heterocycles. The van der Waals surface area contributed by atoms with Crippen molar-refractivity contribution in [2.75, 3.05) is 31.7 Å². The Morgan fingerprint density at radius 2 is 1.97 bits per heavy atom. The van der Waals surface area contributed by atoms with Crippen LogP contribution in [0.15, 0.2) is 30.5 Å². The molecule has 1 fully saturated rings. The summed E-state index contributed by atoms with van der Waals surface area (Å²) >= 11 is 0. The molecule has 3 aromatic heterocycles. The van der Waals surface area contributed by atoms with Crippen molar-refractivity contribution < 1.29 is 14.3 Å². The molecule has 3 aliphatic rings. The molecular formula is C29H33N7O3. The molecule has 3 aliphatic heterocycles. The average molecular weight is 528 g/mol. The van der Waals surface area contributed by atoms with Crippen LogP contribution in [0.1, 0.15) is 46.4 Å². The number of pyridine rings is 1. The lowest BCUT2D eigenvalue weighted by molar-refractivity contribution is -0.0694. The molecule has 0 aliphatic carbocycles. The van der Waals surface area contributed by atoms with Crippen molar-refractivity contribution in [3.05, 3.63) is 52.8 Å². The molecule has 1 aromatic carbocycles. The first-order valence-corrected chi connectivity index (χ1v) is 13.8. The normalized spacial score (nSPS) is 18.7. The van der Waals surface area contributed by atoms with Crippen molar-refractivity contribution in [3.8, 4) is 17.1 Å². The summed E-state index contributed by atoms with van der Waals surface area (Å²) in [5, 5.41) is 7.53. The highest BCUT2D eigenvalue weighted by molar-refractivity contribution is 6.05. The second kappa shape index (κ2) is 9.77. The number of hydrogen-bond donors (Lipinski definition) is 1. The van der Waals surface area contributed by atoms with Crippen LogP contribution in [0, 0.1) is 6.92 Å². The number of nitrogens with one attached hydrogen (secondary N) is 1. The van der Waals surface area contributed by atoms with E-state index >= 15 is 0 Å². The molecule has 0 unspecified atom stereocenters. The second-order valence-corrected chi connectivity index (χ2v) is 10.8. The van der Waals surface area contributed by atoms with Gasteiger partial charge in [0.15, 0.2) is 0 Å². The predicted molar refractivity (Wildman–Crippen MR) is 147 cm³/mol. The molecule has 7 rings (SSSR count). The van der Waals surface area contributed by atoms with Crippen molar-refractivity contribution in [1.82, 2.24) is 29.2 Å². The molecule has 0 atom stereocenters. The zero-order chi connectivity index (χ0) is 26.5. The molecule has 4 aromatic rings. The lowest BCUT2D eigenvalue weighted by Gasteiger charge is -2.40. The molecule has 0 radical (unpaired) electrons. The summed E-state index contributed by atoms with van der Waals surface area (Å²) in [5.41, 5.74) is 7.51. The first kappa shape index (κ1) is 24.3. The maximum absolute atomic E-state index is 13.6. The van der Waals surface area contributed by atoms with Gasteiger partial charge in [-0.05, 0) is 61.9 Å². The zero-order valence-corrected chi connectivity index (χ0v) is 22.4. The molecule has 202 valence electrons. The van der Waals surface area contributed by atoms with Crippen LogP contribution >= 0.6 is 0 Å². The number of carbonyl (C=O) groups excluding carboxylic acids is 1. The van der Waals surface area contributed by atoms with Gasteiger partial charge in [0, 0.05) is 37.9 Å². The van der Waals surface area contributed by atoms with E-state index in [0.717, 1.165) is 80.8 Å². The summed E-state index contributed by atoms with van der Waals surface area (Å²) < 4.78 is 15.6. The lowest BCUT2D eigenvalue weighted by Crippen LogP contribution is -2.50. The van der Waals surface area contributed by atoms with Gasteiger partial charge in [-0.2, -0.15) is 5.10 Å². The van der Waals surface area contributed by atoms with Gasteiger partial charge in [-0.1, -0.05) is 6.07 Å². The van der Waals surface area contributed by atoms with Gasteiger partial charge >= 0.3 is 0 Å². The van der Waals surface area contributed by atoms with Crippen molar-refractivity contribution >= 4 is 22.9 Å². The number of anilines is 1. The maximum Gasteiger partial charge on any atom is 0.258 e.